The lowest BCUT2D eigenvalue weighted by molar-refractivity contribution is -0.122. The molecule has 1 aliphatic rings. The molecule has 1 aliphatic heterocycles. The number of nitrogens with one attached hydrogen (secondary N) is 1. The van der Waals surface area contributed by atoms with Crippen molar-refractivity contribution >= 4 is 41.2 Å². The molecule has 2 aromatic rings. The number of hydrogen-bond donors (Lipinski definition) is 2. The van der Waals surface area contributed by atoms with Crippen LogP contribution < -0.4 is 10.2 Å². The summed E-state index contributed by atoms with van der Waals surface area (Å²) in [6.45, 7) is 3.44. The summed E-state index contributed by atoms with van der Waals surface area (Å²) in [4.78, 5) is 37.9. The van der Waals surface area contributed by atoms with Crippen molar-refractivity contribution in [2.45, 2.75) is 13.8 Å². The molecule has 0 aliphatic carbocycles. The molecule has 0 radical (unpaired) electrons. The number of nitrogens with zero attached hydrogens (tertiary/aromatic N) is 1. The zero-order chi connectivity index (χ0) is 19.0. The number of imide groups is 2. The van der Waals surface area contributed by atoms with Gasteiger partial charge in [-0.1, -0.05) is 11.6 Å². The summed E-state index contributed by atoms with van der Waals surface area (Å²) in [5, 5.41) is 12.5. The van der Waals surface area contributed by atoms with Crippen LogP contribution in [0.3, 0.4) is 0 Å². The first-order valence-electron chi connectivity index (χ1n) is 7.75. The molecule has 0 aromatic heterocycles. The first kappa shape index (κ1) is 17.7. The number of barbiturate groups is 1. The monoisotopic (exact) mass is 370 g/mol. The Morgan fingerprint density at radius 2 is 1.62 bits per heavy atom. The number of aromatic hydroxyl groups is 1. The van der Waals surface area contributed by atoms with Crippen molar-refractivity contribution in [3.63, 3.8) is 0 Å². The molecule has 2 N–H and O–H groups in total. The predicted octanol–water partition coefficient (Wildman–Crippen LogP) is 3.33. The van der Waals surface area contributed by atoms with Crippen molar-refractivity contribution in [1.29, 1.82) is 0 Å². The third-order valence-corrected chi connectivity index (χ3v) is 4.26. The number of hydrogen-bond acceptors (Lipinski definition) is 4. The highest BCUT2D eigenvalue weighted by atomic mass is 35.5. The van der Waals surface area contributed by atoms with Crippen molar-refractivity contribution in [1.82, 2.24) is 5.32 Å². The molecule has 0 spiro atoms. The van der Waals surface area contributed by atoms with Crippen LogP contribution in [0.5, 0.6) is 5.75 Å². The molecule has 0 bridgehead atoms. The number of aryl methyl sites for hydroxylation is 2. The third kappa shape index (κ3) is 3.19. The van der Waals surface area contributed by atoms with E-state index in [4.69, 9.17) is 11.6 Å². The number of phenolic OH excluding ortho intramolecular Hbond substituents is 1. The topological polar surface area (TPSA) is 86.7 Å². The van der Waals surface area contributed by atoms with Gasteiger partial charge in [0.1, 0.15) is 11.3 Å². The molecule has 7 heteroatoms. The first-order chi connectivity index (χ1) is 12.3. The van der Waals surface area contributed by atoms with E-state index in [9.17, 15) is 19.5 Å². The number of phenols is 1. The number of carbonyl (C=O) groups is 3. The van der Waals surface area contributed by atoms with Gasteiger partial charge < -0.3 is 5.11 Å². The first-order valence-corrected chi connectivity index (χ1v) is 8.13. The number of amides is 4. The van der Waals surface area contributed by atoms with Gasteiger partial charge in [-0.05, 0) is 73.0 Å². The number of carbonyl (C=O) groups excluding carboxylic acids is 3. The Labute approximate surface area is 154 Å². The maximum atomic E-state index is 12.8. The van der Waals surface area contributed by atoms with Crippen molar-refractivity contribution in [3.8, 4) is 5.75 Å². The van der Waals surface area contributed by atoms with Crippen LogP contribution in [0.4, 0.5) is 10.5 Å². The van der Waals surface area contributed by atoms with Crippen LogP contribution in [0.25, 0.3) is 6.08 Å². The molecule has 1 fully saturated rings. The van der Waals surface area contributed by atoms with Crippen LogP contribution >= 0.6 is 11.6 Å². The van der Waals surface area contributed by atoms with Crippen LogP contribution in [0, 0.1) is 13.8 Å². The Hall–Kier alpha value is -3.12. The van der Waals surface area contributed by atoms with Gasteiger partial charge in [0.05, 0.1) is 5.69 Å². The van der Waals surface area contributed by atoms with E-state index < -0.39 is 17.8 Å². The summed E-state index contributed by atoms with van der Waals surface area (Å²) in [6.07, 6.45) is 1.40. The Bertz CT molecular complexity index is 941. The SMILES string of the molecule is Cc1cc(/C=C2\C(=O)NC(=O)N(c3ccc(Cl)cc3)C2=O)cc(C)c1O. The fraction of sp³-hybridized carbons (Fsp3) is 0.105. The van der Waals surface area contributed by atoms with E-state index in [2.05, 4.69) is 5.32 Å². The zero-order valence-electron chi connectivity index (χ0n) is 14.0. The number of rotatable bonds is 2. The molecule has 4 amide bonds. The molecule has 3 rings (SSSR count). The summed E-state index contributed by atoms with van der Waals surface area (Å²) in [5.74, 6) is -1.34. The standard InChI is InChI=1S/C19H15ClN2O4/c1-10-7-12(8-11(2)16(10)23)9-15-17(24)21-19(26)22(18(15)25)14-5-3-13(20)4-6-14/h3-9,23H,1-2H3,(H,21,24,26)/b15-9+. The van der Waals surface area contributed by atoms with Gasteiger partial charge in [0.15, 0.2) is 0 Å². The maximum Gasteiger partial charge on any atom is 0.335 e. The number of benzene rings is 2. The minimum absolute atomic E-state index is 0.157. The fourth-order valence-corrected chi connectivity index (χ4v) is 2.85. The number of anilines is 1. The van der Waals surface area contributed by atoms with Crippen LogP contribution in [0.1, 0.15) is 16.7 Å². The maximum absolute atomic E-state index is 12.8. The van der Waals surface area contributed by atoms with Crippen LogP contribution in [0.2, 0.25) is 5.02 Å². The van der Waals surface area contributed by atoms with E-state index in [1.165, 1.54) is 18.2 Å². The summed E-state index contributed by atoms with van der Waals surface area (Å²) in [6, 6.07) is 8.60. The van der Waals surface area contributed by atoms with Crippen molar-refractivity contribution < 1.29 is 19.5 Å². The van der Waals surface area contributed by atoms with Crippen LogP contribution in [0.15, 0.2) is 42.0 Å². The number of urea groups is 1. The van der Waals surface area contributed by atoms with Crippen molar-refractivity contribution in [3.05, 3.63) is 63.7 Å². The summed E-state index contributed by atoms with van der Waals surface area (Å²) < 4.78 is 0. The Kier molecular flexibility index (Phi) is 4.52. The zero-order valence-corrected chi connectivity index (χ0v) is 14.8. The summed E-state index contributed by atoms with van der Waals surface area (Å²) in [5.41, 5.74) is 1.93. The van der Waals surface area contributed by atoms with Gasteiger partial charge in [-0.15, -0.1) is 0 Å². The molecule has 1 saturated heterocycles. The van der Waals surface area contributed by atoms with E-state index in [0.717, 1.165) is 4.90 Å². The van der Waals surface area contributed by atoms with Gasteiger partial charge in [-0.2, -0.15) is 0 Å². The van der Waals surface area contributed by atoms with E-state index >= 15 is 0 Å². The summed E-state index contributed by atoms with van der Waals surface area (Å²) >= 11 is 5.83. The van der Waals surface area contributed by atoms with Crippen LogP contribution in [-0.4, -0.2) is 23.0 Å². The molecule has 0 atom stereocenters. The number of halogens is 1. The van der Waals surface area contributed by atoms with E-state index in [1.807, 2.05) is 0 Å². The highest BCUT2D eigenvalue weighted by Gasteiger charge is 2.36. The molecular weight excluding hydrogens is 356 g/mol. The van der Waals surface area contributed by atoms with E-state index in [-0.39, 0.29) is 11.3 Å². The second-order valence-electron chi connectivity index (χ2n) is 5.94. The van der Waals surface area contributed by atoms with Gasteiger partial charge in [0.25, 0.3) is 11.8 Å². The highest BCUT2D eigenvalue weighted by molar-refractivity contribution is 6.39. The van der Waals surface area contributed by atoms with E-state index in [0.29, 0.717) is 27.4 Å². The normalized spacial score (nSPS) is 16.2. The Balaban J connectivity index is 2.04. The Morgan fingerprint density at radius 1 is 1.04 bits per heavy atom. The van der Waals surface area contributed by atoms with Gasteiger partial charge >= 0.3 is 6.03 Å². The molecule has 0 saturated carbocycles. The minimum atomic E-state index is -0.822. The molecule has 0 unspecified atom stereocenters. The fourth-order valence-electron chi connectivity index (χ4n) is 2.72. The quantitative estimate of drug-likeness (QED) is 0.627. The van der Waals surface area contributed by atoms with Crippen molar-refractivity contribution in [2.24, 2.45) is 0 Å². The van der Waals surface area contributed by atoms with Gasteiger partial charge in [0, 0.05) is 5.02 Å². The van der Waals surface area contributed by atoms with Gasteiger partial charge in [-0.3, -0.25) is 14.9 Å². The average molecular weight is 371 g/mol. The molecule has 132 valence electrons. The van der Waals surface area contributed by atoms with E-state index in [1.54, 1.807) is 38.1 Å². The lowest BCUT2D eigenvalue weighted by Gasteiger charge is -2.26. The van der Waals surface area contributed by atoms with Gasteiger partial charge in [0.2, 0.25) is 0 Å². The lowest BCUT2D eigenvalue weighted by atomic mass is 10.0. The largest absolute Gasteiger partial charge is 0.507 e. The molecule has 6 nitrogen and oxygen atoms in total. The third-order valence-electron chi connectivity index (χ3n) is 4.01. The predicted molar refractivity (Wildman–Crippen MR) is 98.0 cm³/mol. The molecular formula is C19H15ClN2O4. The lowest BCUT2D eigenvalue weighted by Crippen LogP contribution is -2.54. The Morgan fingerprint density at radius 3 is 2.19 bits per heavy atom. The second kappa shape index (κ2) is 6.65. The molecule has 1 heterocycles. The minimum Gasteiger partial charge on any atom is -0.507 e. The second-order valence-corrected chi connectivity index (χ2v) is 6.37. The molecule has 2 aromatic carbocycles. The van der Waals surface area contributed by atoms with Gasteiger partial charge in [-0.25, -0.2) is 9.69 Å². The average Bonchev–Trinajstić information content (AvgIpc) is 2.58. The smallest absolute Gasteiger partial charge is 0.335 e. The van der Waals surface area contributed by atoms with Crippen LogP contribution in [-0.2, 0) is 9.59 Å². The van der Waals surface area contributed by atoms with Crippen molar-refractivity contribution in [2.75, 3.05) is 4.90 Å². The molecule has 26 heavy (non-hydrogen) atoms. The highest BCUT2D eigenvalue weighted by Crippen LogP contribution is 2.26. The summed E-state index contributed by atoms with van der Waals surface area (Å²) in [7, 11) is 0.